The molecule has 0 aliphatic heterocycles. The minimum absolute atomic E-state index is 0.0631. The molecular weight excluding hydrogens is 721 g/mol. The first-order chi connectivity index (χ1) is 28.5. The van der Waals surface area contributed by atoms with Crippen LogP contribution in [0.5, 0.6) is 0 Å². The fraction of sp³-hybridized carbons (Fsp3) is 0.942. The van der Waals surface area contributed by atoms with Crippen LogP contribution in [0, 0.1) is 0 Å². The van der Waals surface area contributed by atoms with E-state index in [2.05, 4.69) is 20.8 Å². The van der Waals surface area contributed by atoms with Crippen LogP contribution < -0.4 is 0 Å². The van der Waals surface area contributed by atoms with Crippen molar-refractivity contribution in [2.24, 2.45) is 0 Å². The van der Waals surface area contributed by atoms with Gasteiger partial charge in [-0.3, -0.25) is 14.4 Å². The van der Waals surface area contributed by atoms with Gasteiger partial charge < -0.3 is 14.2 Å². The van der Waals surface area contributed by atoms with E-state index in [0.717, 1.165) is 64.2 Å². The lowest BCUT2D eigenvalue weighted by atomic mass is 10.0. The van der Waals surface area contributed by atoms with E-state index >= 15 is 0 Å². The van der Waals surface area contributed by atoms with Crippen molar-refractivity contribution < 1.29 is 28.6 Å². The predicted molar refractivity (Wildman–Crippen MR) is 247 cm³/mol. The van der Waals surface area contributed by atoms with Crippen molar-refractivity contribution in [3.63, 3.8) is 0 Å². The smallest absolute Gasteiger partial charge is 0.306 e. The molecule has 0 aromatic carbocycles. The Morgan fingerprint density at radius 1 is 0.276 bits per heavy atom. The summed E-state index contributed by atoms with van der Waals surface area (Å²) >= 11 is 0. The van der Waals surface area contributed by atoms with Crippen LogP contribution in [0.3, 0.4) is 0 Å². The molecule has 0 aliphatic carbocycles. The molecule has 6 nitrogen and oxygen atoms in total. The SMILES string of the molecule is CCCCCCCCCCCCCCCCCCCCC(=O)O[C@H](COC(=O)CCCCCCC)COC(=O)CCCCCCCCCCCCCCCCCCC. The van der Waals surface area contributed by atoms with Crippen LogP contribution >= 0.6 is 0 Å². The summed E-state index contributed by atoms with van der Waals surface area (Å²) in [5.74, 6) is -0.857. The average Bonchev–Trinajstić information content (AvgIpc) is 3.22. The first-order valence-corrected chi connectivity index (χ1v) is 26.0. The van der Waals surface area contributed by atoms with E-state index in [4.69, 9.17) is 14.2 Å². The van der Waals surface area contributed by atoms with Gasteiger partial charge >= 0.3 is 17.9 Å². The van der Waals surface area contributed by atoms with Crippen molar-refractivity contribution in [1.82, 2.24) is 0 Å². The number of carbonyl (C=O) groups is 3. The summed E-state index contributed by atoms with van der Waals surface area (Å²) in [5.41, 5.74) is 0. The number of hydrogen-bond donors (Lipinski definition) is 0. The fourth-order valence-corrected chi connectivity index (χ4v) is 7.92. The summed E-state index contributed by atoms with van der Waals surface area (Å²) in [6, 6.07) is 0. The van der Waals surface area contributed by atoms with Gasteiger partial charge in [0.1, 0.15) is 13.2 Å². The van der Waals surface area contributed by atoms with Gasteiger partial charge in [0, 0.05) is 19.3 Å². The predicted octanol–water partition coefficient (Wildman–Crippen LogP) is 16.8. The highest BCUT2D eigenvalue weighted by atomic mass is 16.6. The molecule has 0 heterocycles. The largest absolute Gasteiger partial charge is 0.462 e. The Morgan fingerprint density at radius 2 is 0.466 bits per heavy atom. The van der Waals surface area contributed by atoms with Crippen LogP contribution in [0.4, 0.5) is 0 Å². The van der Waals surface area contributed by atoms with E-state index in [9.17, 15) is 14.4 Å². The fourth-order valence-electron chi connectivity index (χ4n) is 7.92. The molecule has 6 heteroatoms. The van der Waals surface area contributed by atoms with E-state index in [1.165, 1.54) is 193 Å². The van der Waals surface area contributed by atoms with Crippen LogP contribution in [0.15, 0.2) is 0 Å². The second-order valence-electron chi connectivity index (χ2n) is 17.8. The van der Waals surface area contributed by atoms with Crippen molar-refractivity contribution in [2.45, 2.75) is 303 Å². The van der Waals surface area contributed by atoms with Crippen LogP contribution in [0.2, 0.25) is 0 Å². The summed E-state index contributed by atoms with van der Waals surface area (Å²) < 4.78 is 16.7. The second-order valence-corrected chi connectivity index (χ2v) is 17.8. The van der Waals surface area contributed by atoms with Crippen molar-refractivity contribution in [3.05, 3.63) is 0 Å². The number of esters is 3. The Hall–Kier alpha value is -1.59. The molecule has 0 spiro atoms. The zero-order valence-electron chi connectivity index (χ0n) is 39.3. The summed E-state index contributed by atoms with van der Waals surface area (Å²) in [7, 11) is 0. The van der Waals surface area contributed by atoms with E-state index in [-0.39, 0.29) is 31.1 Å². The van der Waals surface area contributed by atoms with Gasteiger partial charge in [-0.1, -0.05) is 258 Å². The molecule has 0 fully saturated rings. The van der Waals surface area contributed by atoms with Crippen molar-refractivity contribution in [2.75, 3.05) is 13.2 Å². The third-order valence-electron chi connectivity index (χ3n) is 11.9. The molecule has 0 N–H and O–H groups in total. The highest BCUT2D eigenvalue weighted by molar-refractivity contribution is 5.71. The zero-order chi connectivity index (χ0) is 42.3. The van der Waals surface area contributed by atoms with E-state index in [0.29, 0.717) is 19.3 Å². The van der Waals surface area contributed by atoms with E-state index < -0.39 is 6.10 Å². The standard InChI is InChI=1S/C52H100O6/c1-4-7-10-13-15-17-19-21-23-25-27-29-31-33-35-37-40-43-46-52(55)58-49(47-56-50(53)44-41-38-12-9-6-3)48-57-51(54)45-42-39-36-34-32-30-28-26-24-22-20-18-16-14-11-8-5-2/h49H,4-48H2,1-3H3/t49-/m1/s1. The highest BCUT2D eigenvalue weighted by Crippen LogP contribution is 2.17. The van der Waals surface area contributed by atoms with Crippen molar-refractivity contribution in [3.8, 4) is 0 Å². The summed E-state index contributed by atoms with van der Waals surface area (Å²) in [5, 5.41) is 0. The Labute approximate surface area is 361 Å². The van der Waals surface area contributed by atoms with Gasteiger partial charge in [-0.05, 0) is 19.3 Å². The molecule has 0 saturated heterocycles. The molecule has 0 bridgehead atoms. The van der Waals surface area contributed by atoms with Gasteiger partial charge in [-0.25, -0.2) is 0 Å². The summed E-state index contributed by atoms with van der Waals surface area (Å²) in [6.45, 7) is 6.61. The van der Waals surface area contributed by atoms with Crippen molar-refractivity contribution >= 4 is 17.9 Å². The van der Waals surface area contributed by atoms with Gasteiger partial charge in [0.15, 0.2) is 6.10 Å². The molecule has 0 radical (unpaired) electrons. The van der Waals surface area contributed by atoms with Gasteiger partial charge in [0.2, 0.25) is 0 Å². The lowest BCUT2D eigenvalue weighted by molar-refractivity contribution is -0.167. The maximum Gasteiger partial charge on any atom is 0.306 e. The summed E-state index contributed by atoms with van der Waals surface area (Å²) in [4.78, 5) is 37.6. The number of hydrogen-bond acceptors (Lipinski definition) is 6. The van der Waals surface area contributed by atoms with Crippen LogP contribution in [-0.2, 0) is 28.6 Å². The molecule has 0 aromatic rings. The normalized spacial score (nSPS) is 11.8. The monoisotopic (exact) mass is 821 g/mol. The molecule has 0 aliphatic rings. The van der Waals surface area contributed by atoms with Gasteiger partial charge in [0.25, 0.3) is 0 Å². The maximum absolute atomic E-state index is 12.7. The van der Waals surface area contributed by atoms with E-state index in [1.807, 2.05) is 0 Å². The molecule has 0 saturated carbocycles. The lowest BCUT2D eigenvalue weighted by Crippen LogP contribution is -2.30. The highest BCUT2D eigenvalue weighted by Gasteiger charge is 2.19. The molecule has 344 valence electrons. The Bertz CT molecular complexity index is 859. The molecule has 0 rings (SSSR count). The number of ether oxygens (including phenoxy) is 3. The summed E-state index contributed by atoms with van der Waals surface area (Å²) in [6.07, 6.45) is 51.3. The molecule has 0 unspecified atom stereocenters. The first kappa shape index (κ1) is 56.4. The third-order valence-corrected chi connectivity index (χ3v) is 11.9. The van der Waals surface area contributed by atoms with Crippen LogP contribution in [0.1, 0.15) is 297 Å². The number of unbranched alkanes of at least 4 members (excludes halogenated alkanes) is 37. The minimum atomic E-state index is -0.758. The second kappa shape index (κ2) is 48.1. The zero-order valence-corrected chi connectivity index (χ0v) is 39.3. The lowest BCUT2D eigenvalue weighted by Gasteiger charge is -2.18. The molecule has 1 atom stereocenters. The Balaban J connectivity index is 4.09. The van der Waals surface area contributed by atoms with Gasteiger partial charge in [-0.15, -0.1) is 0 Å². The Morgan fingerprint density at radius 3 is 0.690 bits per heavy atom. The number of carbonyl (C=O) groups excluding carboxylic acids is 3. The Kier molecular flexibility index (Phi) is 46.8. The minimum Gasteiger partial charge on any atom is -0.462 e. The molecule has 0 amide bonds. The first-order valence-electron chi connectivity index (χ1n) is 26.0. The van der Waals surface area contributed by atoms with E-state index in [1.54, 1.807) is 0 Å². The maximum atomic E-state index is 12.7. The van der Waals surface area contributed by atoms with Crippen LogP contribution in [-0.4, -0.2) is 37.2 Å². The third kappa shape index (κ3) is 45.5. The van der Waals surface area contributed by atoms with Gasteiger partial charge in [0.05, 0.1) is 0 Å². The molecule has 58 heavy (non-hydrogen) atoms. The van der Waals surface area contributed by atoms with Crippen molar-refractivity contribution in [1.29, 1.82) is 0 Å². The molecular formula is C52H100O6. The van der Waals surface area contributed by atoms with Crippen LogP contribution in [0.25, 0.3) is 0 Å². The number of rotatable bonds is 48. The van der Waals surface area contributed by atoms with Gasteiger partial charge in [-0.2, -0.15) is 0 Å². The quantitative estimate of drug-likeness (QED) is 0.0346. The molecule has 0 aromatic heterocycles. The topological polar surface area (TPSA) is 78.9 Å². The average molecular weight is 821 g/mol.